The van der Waals surface area contributed by atoms with E-state index in [0.717, 1.165) is 36.6 Å². The van der Waals surface area contributed by atoms with E-state index in [-0.39, 0.29) is 30.8 Å². The third kappa shape index (κ3) is 6.08. The molecule has 2 aromatic rings. The van der Waals surface area contributed by atoms with Crippen molar-refractivity contribution in [2.45, 2.75) is 25.7 Å². The quantitative estimate of drug-likeness (QED) is 0.769. The molecule has 2 N–H and O–H groups in total. The Hall–Kier alpha value is -2.81. The number of amides is 1. The van der Waals surface area contributed by atoms with Gasteiger partial charge < -0.3 is 20.3 Å². The van der Waals surface area contributed by atoms with Crippen molar-refractivity contribution in [2.24, 2.45) is 0 Å². The maximum Gasteiger partial charge on any atom is 0.416 e. The maximum absolute atomic E-state index is 12.7. The summed E-state index contributed by atoms with van der Waals surface area (Å²) < 4.78 is 43.7. The molecule has 29 heavy (non-hydrogen) atoms. The summed E-state index contributed by atoms with van der Waals surface area (Å²) in [6, 6.07) is 8.54. The number of ether oxygens (including phenoxy) is 1. The number of anilines is 2. The number of halogens is 3. The number of hydrogen-bond donors (Lipinski definition) is 2. The fraction of sp³-hybridized carbons (Fsp3) is 0.400. The Balaban J connectivity index is 1.46. The average Bonchev–Trinajstić information content (AvgIpc) is 2.71. The topological polar surface area (TPSA) is 66.5 Å². The molecule has 1 aliphatic heterocycles. The predicted molar refractivity (Wildman–Crippen MR) is 104 cm³/mol. The summed E-state index contributed by atoms with van der Waals surface area (Å²) in [6.07, 6.45) is -2.55. The second-order valence-corrected chi connectivity index (χ2v) is 6.86. The number of carbonyl (C=O) groups excluding carboxylic acids is 1. The lowest BCUT2D eigenvalue weighted by Crippen LogP contribution is -2.41. The largest absolute Gasteiger partial charge is 0.416 e. The molecule has 1 unspecified atom stereocenters. The lowest BCUT2D eigenvalue weighted by molar-refractivity contribution is -0.137. The fourth-order valence-corrected chi connectivity index (χ4v) is 2.99. The van der Waals surface area contributed by atoms with Gasteiger partial charge in [-0.2, -0.15) is 13.2 Å². The minimum absolute atomic E-state index is 0.126. The van der Waals surface area contributed by atoms with E-state index in [9.17, 15) is 18.0 Å². The Morgan fingerprint density at radius 3 is 2.83 bits per heavy atom. The molecule has 2 heterocycles. The number of alkyl halides is 3. The number of morpholine rings is 1. The zero-order valence-corrected chi connectivity index (χ0v) is 16.0. The first-order chi connectivity index (χ1) is 13.8. The molecule has 0 bridgehead atoms. The van der Waals surface area contributed by atoms with Crippen molar-refractivity contribution < 1.29 is 22.7 Å². The summed E-state index contributed by atoms with van der Waals surface area (Å²) in [5.41, 5.74) is 0.312. The lowest BCUT2D eigenvalue weighted by Gasteiger charge is -2.32. The fourth-order valence-electron chi connectivity index (χ4n) is 2.99. The lowest BCUT2D eigenvalue weighted by atomic mass is 10.2. The first-order valence-corrected chi connectivity index (χ1v) is 9.30. The molecule has 156 valence electrons. The van der Waals surface area contributed by atoms with Crippen molar-refractivity contribution in [2.75, 3.05) is 36.5 Å². The Bertz CT molecular complexity index is 827. The molecule has 0 radical (unpaired) electrons. The first kappa shape index (κ1) is 20.9. The summed E-state index contributed by atoms with van der Waals surface area (Å²) in [5.74, 6) is 0.537. The number of nitrogens with zero attached hydrogens (tertiary/aromatic N) is 2. The smallest absolute Gasteiger partial charge is 0.376 e. The van der Waals surface area contributed by atoms with Crippen molar-refractivity contribution in [3.63, 3.8) is 0 Å². The number of hydrogen-bond acceptors (Lipinski definition) is 5. The van der Waals surface area contributed by atoms with Crippen molar-refractivity contribution in [1.82, 2.24) is 10.3 Å². The van der Waals surface area contributed by atoms with Gasteiger partial charge in [0.15, 0.2) is 0 Å². The van der Waals surface area contributed by atoms with Gasteiger partial charge in [0, 0.05) is 31.5 Å². The second-order valence-electron chi connectivity index (χ2n) is 6.86. The second kappa shape index (κ2) is 9.13. The molecule has 1 amide bonds. The monoisotopic (exact) mass is 408 g/mol. The summed E-state index contributed by atoms with van der Waals surface area (Å²) in [4.78, 5) is 18.6. The zero-order valence-electron chi connectivity index (χ0n) is 16.0. The summed E-state index contributed by atoms with van der Waals surface area (Å²) in [6.45, 7) is 4.41. The van der Waals surface area contributed by atoms with Crippen LogP contribution in [-0.2, 0) is 22.3 Å². The van der Waals surface area contributed by atoms with Crippen LogP contribution in [0.2, 0.25) is 0 Å². The highest BCUT2D eigenvalue weighted by molar-refractivity contribution is 5.80. The number of nitrogens with one attached hydrogen (secondary N) is 2. The average molecular weight is 408 g/mol. The molecule has 6 nitrogen and oxygen atoms in total. The van der Waals surface area contributed by atoms with Crippen LogP contribution in [0.3, 0.4) is 0 Å². The van der Waals surface area contributed by atoms with Crippen LogP contribution in [0.1, 0.15) is 18.1 Å². The van der Waals surface area contributed by atoms with Crippen molar-refractivity contribution in [3.8, 4) is 0 Å². The van der Waals surface area contributed by atoms with E-state index in [1.807, 2.05) is 19.1 Å². The van der Waals surface area contributed by atoms with Gasteiger partial charge in [0.05, 0.1) is 24.8 Å². The van der Waals surface area contributed by atoms with E-state index in [0.29, 0.717) is 6.61 Å². The van der Waals surface area contributed by atoms with Gasteiger partial charge in [0.1, 0.15) is 5.82 Å². The van der Waals surface area contributed by atoms with E-state index in [4.69, 9.17) is 4.74 Å². The molecule has 9 heteroatoms. The van der Waals surface area contributed by atoms with Crippen molar-refractivity contribution in [1.29, 1.82) is 0 Å². The molecule has 0 aliphatic carbocycles. The molecule has 0 spiro atoms. The van der Waals surface area contributed by atoms with E-state index < -0.39 is 11.7 Å². The molecular weight excluding hydrogens is 385 g/mol. The van der Waals surface area contributed by atoms with Gasteiger partial charge in [-0.05, 0) is 36.8 Å². The van der Waals surface area contributed by atoms with E-state index in [1.54, 1.807) is 6.20 Å². The number of carbonyl (C=O) groups is 1. The van der Waals surface area contributed by atoms with Crippen LogP contribution in [0.15, 0.2) is 42.6 Å². The Kier molecular flexibility index (Phi) is 6.58. The number of pyridine rings is 1. The predicted octanol–water partition coefficient (Wildman–Crippen LogP) is 3.05. The first-order valence-electron chi connectivity index (χ1n) is 9.30. The number of rotatable bonds is 6. The summed E-state index contributed by atoms with van der Waals surface area (Å²) >= 11 is 0. The molecule has 1 aromatic heterocycles. The maximum atomic E-state index is 12.7. The summed E-state index contributed by atoms with van der Waals surface area (Å²) in [5, 5.41) is 5.43. The van der Waals surface area contributed by atoms with Crippen LogP contribution in [0, 0.1) is 0 Å². The van der Waals surface area contributed by atoms with Crippen LogP contribution >= 0.6 is 0 Å². The number of benzene rings is 1. The van der Waals surface area contributed by atoms with Gasteiger partial charge in [-0.25, -0.2) is 4.98 Å². The van der Waals surface area contributed by atoms with Gasteiger partial charge >= 0.3 is 6.18 Å². The SMILES string of the molecule is CC1CN(c2ccc(CNC(=O)CNc3cccc(C(F)(F)F)c3)cn2)CCO1. The minimum atomic E-state index is -4.42. The van der Waals surface area contributed by atoms with Gasteiger partial charge in [0.2, 0.25) is 5.91 Å². The van der Waals surface area contributed by atoms with Crippen LogP contribution in [0.25, 0.3) is 0 Å². The van der Waals surface area contributed by atoms with Gasteiger partial charge in [-0.15, -0.1) is 0 Å². The highest BCUT2D eigenvalue weighted by atomic mass is 19.4. The minimum Gasteiger partial charge on any atom is -0.376 e. The zero-order chi connectivity index (χ0) is 20.9. The standard InChI is InChI=1S/C20H23F3N4O2/c1-14-13-27(7-8-29-14)18-6-5-15(10-25-18)11-26-19(28)12-24-17-4-2-3-16(9-17)20(21,22)23/h2-6,9-10,14,24H,7-8,11-13H2,1H3,(H,26,28). The van der Waals surface area contributed by atoms with Crippen molar-refractivity contribution in [3.05, 3.63) is 53.7 Å². The van der Waals surface area contributed by atoms with Gasteiger partial charge in [-0.1, -0.05) is 12.1 Å². The van der Waals surface area contributed by atoms with E-state index >= 15 is 0 Å². The van der Waals surface area contributed by atoms with Crippen LogP contribution in [-0.4, -0.2) is 43.2 Å². The van der Waals surface area contributed by atoms with Crippen LogP contribution in [0.5, 0.6) is 0 Å². The van der Waals surface area contributed by atoms with Crippen LogP contribution < -0.4 is 15.5 Å². The molecule has 0 saturated carbocycles. The van der Waals surface area contributed by atoms with Gasteiger partial charge in [-0.3, -0.25) is 4.79 Å². The Morgan fingerprint density at radius 1 is 1.31 bits per heavy atom. The van der Waals surface area contributed by atoms with E-state index in [2.05, 4.69) is 20.5 Å². The number of aromatic nitrogens is 1. The molecule has 1 fully saturated rings. The normalized spacial score (nSPS) is 17.1. The Morgan fingerprint density at radius 2 is 2.14 bits per heavy atom. The van der Waals surface area contributed by atoms with Gasteiger partial charge in [0.25, 0.3) is 0 Å². The molecule has 3 rings (SSSR count). The molecular formula is C20H23F3N4O2. The molecule has 1 saturated heterocycles. The van der Waals surface area contributed by atoms with E-state index in [1.165, 1.54) is 12.1 Å². The Labute approximate surface area is 167 Å². The molecule has 1 aliphatic rings. The summed E-state index contributed by atoms with van der Waals surface area (Å²) in [7, 11) is 0. The molecule has 1 aromatic carbocycles. The third-order valence-corrected chi connectivity index (χ3v) is 4.51. The highest BCUT2D eigenvalue weighted by Gasteiger charge is 2.30. The van der Waals surface area contributed by atoms with Crippen LogP contribution in [0.4, 0.5) is 24.7 Å². The third-order valence-electron chi connectivity index (χ3n) is 4.51. The molecule has 1 atom stereocenters. The highest BCUT2D eigenvalue weighted by Crippen LogP contribution is 2.30. The van der Waals surface area contributed by atoms with Crippen molar-refractivity contribution >= 4 is 17.4 Å².